The fraction of sp³-hybridized carbons (Fsp3) is 0.167. The van der Waals surface area contributed by atoms with E-state index in [0.717, 1.165) is 16.7 Å². The summed E-state index contributed by atoms with van der Waals surface area (Å²) >= 11 is 0. The van der Waals surface area contributed by atoms with Crippen molar-refractivity contribution >= 4 is 12.1 Å². The number of hydrogen-bond acceptors (Lipinski definition) is 5. The fourth-order valence-corrected chi connectivity index (χ4v) is 3.05. The molecule has 4 rings (SSSR count). The first-order chi connectivity index (χ1) is 14.8. The Morgan fingerprint density at radius 1 is 0.933 bits per heavy atom. The van der Waals surface area contributed by atoms with Crippen LogP contribution in [0.2, 0.25) is 0 Å². The molecule has 0 spiro atoms. The molecule has 1 aliphatic rings. The molecule has 0 aromatic heterocycles. The number of nitrogens with zero attached hydrogens (tertiary/aromatic N) is 1. The summed E-state index contributed by atoms with van der Waals surface area (Å²) in [5.74, 6) is 1.85. The zero-order valence-electron chi connectivity index (χ0n) is 16.4. The lowest BCUT2D eigenvalue weighted by Gasteiger charge is -2.18. The highest BCUT2D eigenvalue weighted by atomic mass is 16.6. The van der Waals surface area contributed by atoms with Crippen molar-refractivity contribution in [1.82, 2.24) is 5.43 Å². The molecular formula is C24H22N2O4. The van der Waals surface area contributed by atoms with Gasteiger partial charge in [-0.25, -0.2) is 5.43 Å². The molecule has 0 fully saturated rings. The number of para-hydroxylation sites is 1. The van der Waals surface area contributed by atoms with Crippen LogP contribution in [0.3, 0.4) is 0 Å². The number of hydrazone groups is 1. The molecule has 3 aromatic carbocycles. The number of carbonyl (C=O) groups excluding carboxylic acids is 1. The van der Waals surface area contributed by atoms with Gasteiger partial charge in [0, 0.05) is 5.56 Å². The Hall–Kier alpha value is -3.80. The highest BCUT2D eigenvalue weighted by Gasteiger charge is 2.13. The van der Waals surface area contributed by atoms with Gasteiger partial charge < -0.3 is 14.2 Å². The quantitative estimate of drug-likeness (QED) is 0.483. The Balaban J connectivity index is 1.33. The van der Waals surface area contributed by atoms with Crippen LogP contribution in [0.1, 0.15) is 16.7 Å². The molecule has 0 bridgehead atoms. The Morgan fingerprint density at radius 2 is 1.70 bits per heavy atom. The Labute approximate surface area is 175 Å². The molecule has 6 nitrogen and oxygen atoms in total. The van der Waals surface area contributed by atoms with Gasteiger partial charge in [-0.2, -0.15) is 5.10 Å². The summed E-state index contributed by atoms with van der Waals surface area (Å²) in [4.78, 5) is 12.2. The minimum atomic E-state index is -0.217. The van der Waals surface area contributed by atoms with Crippen LogP contribution in [0.4, 0.5) is 0 Å². The summed E-state index contributed by atoms with van der Waals surface area (Å²) in [7, 11) is 0. The van der Waals surface area contributed by atoms with E-state index in [2.05, 4.69) is 10.5 Å². The minimum absolute atomic E-state index is 0.195. The van der Waals surface area contributed by atoms with Gasteiger partial charge >= 0.3 is 0 Å². The van der Waals surface area contributed by atoms with Crippen molar-refractivity contribution < 1.29 is 19.0 Å². The van der Waals surface area contributed by atoms with Gasteiger partial charge in [0.05, 0.1) is 12.6 Å². The molecule has 152 valence electrons. The van der Waals surface area contributed by atoms with Crippen LogP contribution in [0.5, 0.6) is 17.2 Å². The third kappa shape index (κ3) is 5.17. The van der Waals surface area contributed by atoms with Crippen molar-refractivity contribution in [2.45, 2.75) is 13.0 Å². The van der Waals surface area contributed by atoms with Gasteiger partial charge in [-0.05, 0) is 35.4 Å². The van der Waals surface area contributed by atoms with Gasteiger partial charge in [0.2, 0.25) is 5.91 Å². The van der Waals surface area contributed by atoms with E-state index in [1.54, 1.807) is 6.21 Å². The van der Waals surface area contributed by atoms with Gasteiger partial charge in [-0.1, -0.05) is 48.5 Å². The summed E-state index contributed by atoms with van der Waals surface area (Å²) in [6, 6.07) is 23.0. The maximum Gasteiger partial charge on any atom is 0.244 e. The fourth-order valence-electron chi connectivity index (χ4n) is 3.05. The molecule has 0 saturated carbocycles. The van der Waals surface area contributed by atoms with Crippen LogP contribution in [0.25, 0.3) is 0 Å². The summed E-state index contributed by atoms with van der Waals surface area (Å²) in [6.45, 7) is 1.51. The molecule has 0 unspecified atom stereocenters. The average molecular weight is 402 g/mol. The molecule has 0 atom stereocenters. The van der Waals surface area contributed by atoms with E-state index in [1.807, 2.05) is 72.8 Å². The van der Waals surface area contributed by atoms with Crippen LogP contribution in [0.15, 0.2) is 77.9 Å². The van der Waals surface area contributed by atoms with Gasteiger partial charge in [0.15, 0.2) is 11.5 Å². The summed E-state index contributed by atoms with van der Waals surface area (Å²) in [6.07, 6.45) is 1.78. The van der Waals surface area contributed by atoms with E-state index in [0.29, 0.717) is 37.1 Å². The summed E-state index contributed by atoms with van der Waals surface area (Å²) < 4.78 is 16.9. The molecule has 1 N–H and O–H groups in total. The number of hydrogen-bond donors (Lipinski definition) is 1. The Bertz CT molecular complexity index is 1030. The number of ether oxygens (including phenoxy) is 3. The highest BCUT2D eigenvalue weighted by Crippen LogP contribution is 2.30. The predicted molar refractivity (Wildman–Crippen MR) is 114 cm³/mol. The molecule has 0 saturated heterocycles. The second kappa shape index (κ2) is 9.60. The van der Waals surface area contributed by atoms with Gasteiger partial charge in [-0.3, -0.25) is 4.79 Å². The maximum atomic E-state index is 12.2. The lowest BCUT2D eigenvalue weighted by atomic mass is 10.1. The third-order valence-corrected chi connectivity index (χ3v) is 4.52. The van der Waals surface area contributed by atoms with Crippen LogP contribution < -0.4 is 19.6 Å². The minimum Gasteiger partial charge on any atom is -0.488 e. The maximum absolute atomic E-state index is 12.2. The number of amides is 1. The smallest absolute Gasteiger partial charge is 0.244 e. The second-order valence-corrected chi connectivity index (χ2v) is 6.76. The molecule has 1 heterocycles. The van der Waals surface area contributed by atoms with Crippen molar-refractivity contribution in [3.05, 3.63) is 89.5 Å². The Kier molecular flexibility index (Phi) is 6.25. The molecule has 3 aromatic rings. The van der Waals surface area contributed by atoms with Crippen LogP contribution in [0, 0.1) is 0 Å². The molecule has 1 aliphatic heterocycles. The van der Waals surface area contributed by atoms with Gasteiger partial charge in [-0.15, -0.1) is 0 Å². The zero-order chi connectivity index (χ0) is 20.6. The second-order valence-electron chi connectivity index (χ2n) is 6.76. The van der Waals surface area contributed by atoms with Crippen LogP contribution in [-0.4, -0.2) is 25.3 Å². The molecular weight excluding hydrogens is 380 g/mol. The van der Waals surface area contributed by atoms with E-state index in [4.69, 9.17) is 14.2 Å². The first kappa shape index (κ1) is 19.5. The predicted octanol–water partition coefficient (Wildman–Crippen LogP) is 3.73. The lowest BCUT2D eigenvalue weighted by Crippen LogP contribution is -2.20. The molecule has 30 heavy (non-hydrogen) atoms. The van der Waals surface area contributed by atoms with E-state index < -0.39 is 0 Å². The Morgan fingerprint density at radius 3 is 2.57 bits per heavy atom. The first-order valence-electron chi connectivity index (χ1n) is 9.74. The number of rotatable bonds is 7. The van der Waals surface area contributed by atoms with E-state index in [9.17, 15) is 4.79 Å². The summed E-state index contributed by atoms with van der Waals surface area (Å²) in [5, 5.41) is 4.08. The van der Waals surface area contributed by atoms with Crippen molar-refractivity contribution in [3.8, 4) is 17.2 Å². The van der Waals surface area contributed by atoms with Crippen LogP contribution >= 0.6 is 0 Å². The van der Waals surface area contributed by atoms with E-state index in [1.165, 1.54) is 0 Å². The standard InChI is InChI=1S/C24H22N2O4/c27-24(15-19-10-11-22-23(14-19)29-13-12-28-22)26-25-16-20-8-4-5-9-21(20)30-17-18-6-2-1-3-7-18/h1-11,14,16H,12-13,15,17H2,(H,26,27)/b25-16+. The zero-order valence-corrected chi connectivity index (χ0v) is 16.4. The van der Waals surface area contributed by atoms with Crippen molar-refractivity contribution in [3.63, 3.8) is 0 Å². The number of benzene rings is 3. The lowest BCUT2D eigenvalue weighted by molar-refractivity contribution is -0.120. The SMILES string of the molecule is O=C(Cc1ccc2c(c1)OCCO2)N/N=C/c1ccccc1OCc1ccccc1. The van der Waals surface area contributed by atoms with Crippen molar-refractivity contribution in [2.75, 3.05) is 13.2 Å². The summed E-state index contributed by atoms with van der Waals surface area (Å²) in [5.41, 5.74) is 5.26. The largest absolute Gasteiger partial charge is 0.488 e. The first-order valence-corrected chi connectivity index (χ1v) is 9.74. The van der Waals surface area contributed by atoms with Crippen LogP contribution in [-0.2, 0) is 17.8 Å². The topological polar surface area (TPSA) is 69.2 Å². The van der Waals surface area contributed by atoms with Crippen molar-refractivity contribution in [2.24, 2.45) is 5.10 Å². The molecule has 0 aliphatic carbocycles. The van der Waals surface area contributed by atoms with Crippen molar-refractivity contribution in [1.29, 1.82) is 0 Å². The normalized spacial score (nSPS) is 12.5. The van der Waals surface area contributed by atoms with E-state index in [-0.39, 0.29) is 12.3 Å². The number of nitrogens with one attached hydrogen (secondary N) is 1. The highest BCUT2D eigenvalue weighted by molar-refractivity contribution is 5.85. The molecule has 6 heteroatoms. The average Bonchev–Trinajstić information content (AvgIpc) is 2.79. The number of carbonyl (C=O) groups is 1. The van der Waals surface area contributed by atoms with Gasteiger partial charge in [0.1, 0.15) is 25.6 Å². The molecule has 1 amide bonds. The molecule has 0 radical (unpaired) electrons. The van der Waals surface area contributed by atoms with E-state index >= 15 is 0 Å². The third-order valence-electron chi connectivity index (χ3n) is 4.52. The number of fused-ring (bicyclic) bond motifs is 1. The van der Waals surface area contributed by atoms with Gasteiger partial charge in [0.25, 0.3) is 0 Å². The monoisotopic (exact) mass is 402 g/mol.